The van der Waals surface area contributed by atoms with Crippen LogP contribution < -0.4 is 21.3 Å². The highest BCUT2D eigenvalue weighted by atomic mass is 32.2. The molecule has 0 saturated heterocycles. The van der Waals surface area contributed by atoms with Gasteiger partial charge in [-0.15, -0.1) is 23.5 Å². The minimum atomic E-state index is -1.56. The molecule has 98 heavy (non-hydrogen) atoms. The van der Waals surface area contributed by atoms with Crippen LogP contribution in [0.1, 0.15) is 97.9 Å². The van der Waals surface area contributed by atoms with E-state index in [9.17, 15) is 24.0 Å². The predicted octanol–water partition coefficient (Wildman–Crippen LogP) is 15.8. The molecule has 9 rings (SSSR count). The van der Waals surface area contributed by atoms with Crippen LogP contribution in [0.2, 0.25) is 25.7 Å². The maximum Gasteiger partial charge on any atom is 0.407 e. The fourth-order valence-corrected chi connectivity index (χ4v) is 16.0. The Kier molecular flexibility index (Phi) is 25.9. The normalized spacial score (nSPS) is 13.7. The average molecular weight is 1370 g/mol. The summed E-state index contributed by atoms with van der Waals surface area (Å²) in [6.45, 7) is 15.5. The molecule has 0 bridgehead atoms. The first-order valence-corrected chi connectivity index (χ1v) is 39.3. The summed E-state index contributed by atoms with van der Waals surface area (Å²) in [6, 6.07) is 74.0. The lowest BCUT2D eigenvalue weighted by molar-refractivity contribution is -0.156. The fraction of sp³-hybridized carbons (Fsp3) is 0.293. The lowest BCUT2D eigenvalue weighted by atomic mass is 9.84. The van der Waals surface area contributed by atoms with Crippen LogP contribution in [0.15, 0.2) is 254 Å². The number of rotatable bonds is 32. The van der Waals surface area contributed by atoms with Crippen molar-refractivity contribution < 1.29 is 43.0 Å². The van der Waals surface area contributed by atoms with E-state index in [1.54, 1.807) is 52.5 Å². The van der Waals surface area contributed by atoms with E-state index >= 15 is 4.79 Å². The van der Waals surface area contributed by atoms with Crippen molar-refractivity contribution in [1.29, 1.82) is 0 Å². The van der Waals surface area contributed by atoms with E-state index in [-0.39, 0.29) is 37.0 Å². The lowest BCUT2D eigenvalue weighted by Gasteiger charge is -2.36. The standard InChI is InChI=1S/C82H90N4O9S2Si/c1-9-71(76(88)85-75(58(4)5)79(91)95-65(54-73(87)93-51-53-98(6,7)8)46-32-33-52-96-81(59-34-16-10-17-35-59,60-36-18-11-19-37-60)61-38-20-12-21-39-61)83-77(89)72(56-97-82(62-40-22-13-23-41-62,63-42-24-14-25-43-63)64-44-26-15-27-45-64)84-78(90)74(57(2)3)86-80(92)94-55-70-68-49-30-28-47-66(68)67-48-29-31-50-69(67)70/h9-32,34-50,57-58,65,70,72,74-75H,33,51-56H2,1-8H3,(H,83,89)(H,84,90)(H,85,88)(H,86,92)/b46-32+,71-9-/t65-,72-,74-,75+/m1/s1. The van der Waals surface area contributed by atoms with E-state index in [0.29, 0.717) is 12.2 Å². The molecule has 8 aromatic rings. The monoisotopic (exact) mass is 1370 g/mol. The van der Waals surface area contributed by atoms with Gasteiger partial charge in [-0.3, -0.25) is 19.2 Å². The molecule has 508 valence electrons. The van der Waals surface area contributed by atoms with Gasteiger partial charge in [0.2, 0.25) is 11.8 Å². The van der Waals surface area contributed by atoms with Crippen molar-refractivity contribution in [1.82, 2.24) is 21.3 Å². The lowest BCUT2D eigenvalue weighted by Crippen LogP contribution is -2.57. The Morgan fingerprint density at radius 3 is 1.38 bits per heavy atom. The third kappa shape index (κ3) is 18.5. The van der Waals surface area contributed by atoms with Gasteiger partial charge in [0, 0.05) is 19.7 Å². The summed E-state index contributed by atoms with van der Waals surface area (Å²) in [5, 5.41) is 11.4. The Bertz CT molecular complexity index is 3770. The summed E-state index contributed by atoms with van der Waals surface area (Å²) in [6.07, 6.45) is 3.48. The van der Waals surface area contributed by atoms with Crippen molar-refractivity contribution >= 4 is 67.4 Å². The van der Waals surface area contributed by atoms with Gasteiger partial charge in [-0.25, -0.2) is 9.59 Å². The second kappa shape index (κ2) is 34.8. The van der Waals surface area contributed by atoms with Crippen LogP contribution in [0, 0.1) is 11.8 Å². The second-order valence-corrected chi connectivity index (χ2v) is 34.4. The van der Waals surface area contributed by atoms with E-state index in [1.807, 2.05) is 152 Å². The van der Waals surface area contributed by atoms with E-state index < -0.39 is 89.4 Å². The number of carbonyl (C=O) groups is 6. The molecule has 4 N–H and O–H groups in total. The molecule has 8 aromatic carbocycles. The maximum atomic E-state index is 15.3. The summed E-state index contributed by atoms with van der Waals surface area (Å²) in [7, 11) is -1.56. The molecule has 1 aliphatic carbocycles. The number of hydrogen-bond donors (Lipinski definition) is 4. The van der Waals surface area contributed by atoms with Crippen LogP contribution in [0.25, 0.3) is 11.1 Å². The van der Waals surface area contributed by atoms with E-state index in [4.69, 9.17) is 14.2 Å². The van der Waals surface area contributed by atoms with Gasteiger partial charge in [-0.05, 0) is 98.7 Å². The molecule has 4 atom stereocenters. The first-order valence-electron chi connectivity index (χ1n) is 33.7. The van der Waals surface area contributed by atoms with Gasteiger partial charge in [-0.1, -0.05) is 290 Å². The first kappa shape index (κ1) is 73.0. The van der Waals surface area contributed by atoms with Crippen LogP contribution in [-0.4, -0.2) is 92.8 Å². The molecule has 0 aromatic heterocycles. The van der Waals surface area contributed by atoms with Crippen molar-refractivity contribution in [2.24, 2.45) is 11.8 Å². The molecule has 16 heteroatoms. The molecule has 0 aliphatic heterocycles. The Morgan fingerprint density at radius 1 is 0.520 bits per heavy atom. The smallest absolute Gasteiger partial charge is 0.407 e. The van der Waals surface area contributed by atoms with Gasteiger partial charge in [0.05, 0.1) is 22.5 Å². The number of ether oxygens (including phenoxy) is 3. The second-order valence-electron chi connectivity index (χ2n) is 26.3. The molecule has 1 aliphatic rings. The average Bonchev–Trinajstić information content (AvgIpc) is 1.34. The number of thioether (sulfide) groups is 2. The number of benzene rings is 8. The highest BCUT2D eigenvalue weighted by molar-refractivity contribution is 8.01. The molecule has 13 nitrogen and oxygen atoms in total. The van der Waals surface area contributed by atoms with Crippen molar-refractivity contribution in [3.05, 3.63) is 299 Å². The number of alkyl carbamates (subject to hydrolysis) is 1. The minimum Gasteiger partial charge on any atom is -0.466 e. The number of hydrogen-bond acceptors (Lipinski definition) is 11. The number of esters is 2. The third-order valence-electron chi connectivity index (χ3n) is 17.5. The van der Waals surface area contributed by atoms with E-state index in [2.05, 4.69) is 126 Å². The van der Waals surface area contributed by atoms with Crippen LogP contribution in [-0.2, 0) is 47.7 Å². The molecule has 0 heterocycles. The largest absolute Gasteiger partial charge is 0.466 e. The predicted molar refractivity (Wildman–Crippen MR) is 398 cm³/mol. The zero-order chi connectivity index (χ0) is 69.7. The number of amides is 4. The number of carbonyl (C=O) groups excluding carboxylic acids is 6. The topological polar surface area (TPSA) is 178 Å². The Balaban J connectivity index is 0.944. The van der Waals surface area contributed by atoms with Crippen molar-refractivity contribution in [3.8, 4) is 11.1 Å². The number of allylic oxidation sites excluding steroid dienone is 2. The maximum absolute atomic E-state index is 15.3. The van der Waals surface area contributed by atoms with Crippen LogP contribution >= 0.6 is 23.5 Å². The van der Waals surface area contributed by atoms with Gasteiger partial charge >= 0.3 is 18.0 Å². The summed E-state index contributed by atoms with van der Waals surface area (Å²) in [5.41, 5.74) is 10.1. The molecule has 4 amide bonds. The molecule has 0 radical (unpaired) electrons. The van der Waals surface area contributed by atoms with Crippen molar-refractivity contribution in [3.63, 3.8) is 0 Å². The van der Waals surface area contributed by atoms with Crippen molar-refractivity contribution in [2.75, 3.05) is 24.7 Å². The highest BCUT2D eigenvalue weighted by Crippen LogP contribution is 2.50. The van der Waals surface area contributed by atoms with E-state index in [0.717, 1.165) is 61.7 Å². The van der Waals surface area contributed by atoms with Gasteiger partial charge in [0.1, 0.15) is 36.5 Å². The molecule has 0 fully saturated rings. The van der Waals surface area contributed by atoms with Gasteiger partial charge < -0.3 is 35.5 Å². The summed E-state index contributed by atoms with van der Waals surface area (Å²) in [4.78, 5) is 87.1. The summed E-state index contributed by atoms with van der Waals surface area (Å²) < 4.78 is 16.4. The Morgan fingerprint density at radius 2 is 0.949 bits per heavy atom. The Labute approximate surface area is 587 Å². The summed E-state index contributed by atoms with van der Waals surface area (Å²) in [5.74, 6) is -4.16. The van der Waals surface area contributed by atoms with Crippen LogP contribution in [0.5, 0.6) is 0 Å². The minimum absolute atomic E-state index is 0.0186. The van der Waals surface area contributed by atoms with Gasteiger partial charge in [0.15, 0.2) is 0 Å². The molecular weight excluding hydrogens is 1280 g/mol. The molecule has 0 unspecified atom stereocenters. The number of nitrogens with one attached hydrogen (secondary N) is 4. The zero-order valence-corrected chi connectivity index (χ0v) is 59.8. The fourth-order valence-electron chi connectivity index (χ4n) is 12.3. The van der Waals surface area contributed by atoms with Crippen molar-refractivity contribution in [2.45, 2.75) is 113 Å². The molecule has 0 spiro atoms. The summed E-state index contributed by atoms with van der Waals surface area (Å²) >= 11 is 3.21. The zero-order valence-electron chi connectivity index (χ0n) is 57.2. The molecule has 0 saturated carbocycles. The molecular formula is C82H90N4O9S2Si. The first-order chi connectivity index (χ1) is 47.3. The third-order valence-corrected chi connectivity index (χ3v) is 22.4. The Hall–Kier alpha value is -9.22. The SMILES string of the molecule is C/C=C(\NC(=O)[C@@H](CSC(c1ccccc1)(c1ccccc1)c1ccccc1)NC(=O)[C@H](NC(=O)OCC1c2ccccc2-c2ccccc21)C(C)C)C(=O)N[C@H](C(=O)O[C@H](/C=C/CCSC(c1ccccc1)(c1ccccc1)c1ccccc1)CC(=O)OCC[Si](C)(C)C)C(C)C. The van der Waals surface area contributed by atoms with Gasteiger partial charge in [-0.2, -0.15) is 0 Å². The quantitative estimate of drug-likeness (QED) is 0.00600. The van der Waals surface area contributed by atoms with Crippen LogP contribution in [0.3, 0.4) is 0 Å². The van der Waals surface area contributed by atoms with Crippen LogP contribution in [0.4, 0.5) is 4.79 Å². The van der Waals surface area contributed by atoms with E-state index in [1.165, 1.54) is 17.8 Å². The number of fused-ring (bicyclic) bond motifs is 3. The highest BCUT2D eigenvalue weighted by Gasteiger charge is 2.41. The van der Waals surface area contributed by atoms with Gasteiger partial charge in [0.25, 0.3) is 5.91 Å².